The van der Waals surface area contributed by atoms with Gasteiger partial charge in [0.15, 0.2) is 11.5 Å². The van der Waals surface area contributed by atoms with Crippen molar-refractivity contribution in [1.29, 1.82) is 0 Å². The third kappa shape index (κ3) is 5.41. The number of hydrogen-bond acceptors (Lipinski definition) is 4. The summed E-state index contributed by atoms with van der Waals surface area (Å²) >= 11 is 0. The van der Waals surface area contributed by atoms with Gasteiger partial charge in [-0.25, -0.2) is 0 Å². The van der Waals surface area contributed by atoms with Crippen LogP contribution < -0.4 is 14.8 Å². The Morgan fingerprint density at radius 2 is 2.00 bits per heavy atom. The smallest absolute Gasteiger partial charge is 0.306 e. The fraction of sp³-hybridized carbons (Fsp3) is 0.632. The molecule has 0 spiro atoms. The quantitative estimate of drug-likeness (QED) is 0.675. The van der Waals surface area contributed by atoms with Gasteiger partial charge < -0.3 is 19.9 Å². The number of rotatable bonds is 9. The summed E-state index contributed by atoms with van der Waals surface area (Å²) in [5, 5.41) is 12.6. The third-order valence-corrected chi connectivity index (χ3v) is 4.65. The van der Waals surface area contributed by atoms with Crippen LogP contribution in [-0.2, 0) is 11.3 Å². The van der Waals surface area contributed by atoms with Crippen LogP contribution in [0.25, 0.3) is 0 Å². The molecule has 0 atom stereocenters. The second kappa shape index (κ2) is 9.52. The summed E-state index contributed by atoms with van der Waals surface area (Å²) < 4.78 is 11.2. The maximum absolute atomic E-state index is 11.0. The highest BCUT2D eigenvalue weighted by Gasteiger charge is 2.25. The number of hydrogen-bond donors (Lipinski definition) is 2. The Labute approximate surface area is 144 Å². The molecule has 5 nitrogen and oxygen atoms in total. The summed E-state index contributed by atoms with van der Waals surface area (Å²) in [7, 11) is 1.65. The SMILES string of the molecule is CCCCOc1cc(CNC2CCC(C(=O)O)CC2)ccc1OC. The van der Waals surface area contributed by atoms with E-state index in [9.17, 15) is 4.79 Å². The first-order chi connectivity index (χ1) is 11.6. The van der Waals surface area contributed by atoms with Gasteiger partial charge in [0.25, 0.3) is 0 Å². The van der Waals surface area contributed by atoms with Crippen LogP contribution >= 0.6 is 0 Å². The molecule has 0 bridgehead atoms. The minimum atomic E-state index is -0.655. The molecule has 1 aliphatic carbocycles. The van der Waals surface area contributed by atoms with Crippen LogP contribution in [0.1, 0.15) is 51.0 Å². The summed E-state index contributed by atoms with van der Waals surface area (Å²) in [6.07, 6.45) is 5.50. The van der Waals surface area contributed by atoms with E-state index in [1.165, 1.54) is 0 Å². The molecule has 134 valence electrons. The van der Waals surface area contributed by atoms with Gasteiger partial charge >= 0.3 is 5.97 Å². The van der Waals surface area contributed by atoms with Gasteiger partial charge in [-0.05, 0) is 49.8 Å². The molecule has 1 aliphatic rings. The minimum Gasteiger partial charge on any atom is -0.493 e. The lowest BCUT2D eigenvalue weighted by Crippen LogP contribution is -2.34. The van der Waals surface area contributed by atoms with Crippen molar-refractivity contribution in [3.05, 3.63) is 23.8 Å². The van der Waals surface area contributed by atoms with Crippen LogP contribution in [0.2, 0.25) is 0 Å². The molecule has 2 N–H and O–H groups in total. The molecule has 1 aromatic rings. The molecule has 1 fully saturated rings. The molecular weight excluding hydrogens is 306 g/mol. The summed E-state index contributed by atoms with van der Waals surface area (Å²) in [6, 6.07) is 6.41. The van der Waals surface area contributed by atoms with E-state index in [4.69, 9.17) is 14.6 Å². The first-order valence-electron chi connectivity index (χ1n) is 8.90. The predicted molar refractivity (Wildman–Crippen MR) is 93.6 cm³/mol. The molecule has 24 heavy (non-hydrogen) atoms. The van der Waals surface area contributed by atoms with Crippen LogP contribution in [0.15, 0.2) is 18.2 Å². The van der Waals surface area contributed by atoms with Gasteiger partial charge in [0.2, 0.25) is 0 Å². The number of benzene rings is 1. The predicted octanol–water partition coefficient (Wildman–Crippen LogP) is 3.61. The van der Waals surface area contributed by atoms with Crippen molar-refractivity contribution in [3.63, 3.8) is 0 Å². The summed E-state index contributed by atoms with van der Waals surface area (Å²) in [6.45, 7) is 3.60. The average Bonchev–Trinajstić information content (AvgIpc) is 2.60. The molecule has 0 radical (unpaired) electrons. The molecule has 0 amide bonds. The number of carboxylic acids is 1. The monoisotopic (exact) mass is 335 g/mol. The standard InChI is InChI=1S/C19H29NO4/c1-3-4-11-24-18-12-14(5-10-17(18)23-2)13-20-16-8-6-15(7-9-16)19(21)22/h5,10,12,15-16,20H,3-4,6-9,11,13H2,1-2H3,(H,21,22). The van der Waals surface area contributed by atoms with E-state index >= 15 is 0 Å². The Kier molecular flexibility index (Phi) is 7.37. The van der Waals surface area contributed by atoms with Gasteiger partial charge in [-0.2, -0.15) is 0 Å². The van der Waals surface area contributed by atoms with Crippen LogP contribution in [0.5, 0.6) is 11.5 Å². The first kappa shape index (κ1) is 18.6. The third-order valence-electron chi connectivity index (χ3n) is 4.65. The van der Waals surface area contributed by atoms with E-state index in [2.05, 4.69) is 12.2 Å². The van der Waals surface area contributed by atoms with Crippen LogP contribution in [0, 0.1) is 5.92 Å². The second-order valence-electron chi connectivity index (χ2n) is 6.45. The number of ether oxygens (including phenoxy) is 2. The van der Waals surface area contributed by atoms with Gasteiger partial charge in [-0.15, -0.1) is 0 Å². The van der Waals surface area contributed by atoms with Crippen LogP contribution in [-0.4, -0.2) is 30.8 Å². The van der Waals surface area contributed by atoms with E-state index in [-0.39, 0.29) is 5.92 Å². The number of unbranched alkanes of at least 4 members (excludes halogenated alkanes) is 1. The van der Waals surface area contributed by atoms with Crippen molar-refractivity contribution in [2.24, 2.45) is 5.92 Å². The molecule has 0 heterocycles. The van der Waals surface area contributed by atoms with Crippen molar-refractivity contribution >= 4 is 5.97 Å². The number of aliphatic carboxylic acids is 1. The van der Waals surface area contributed by atoms with Crippen LogP contribution in [0.4, 0.5) is 0 Å². The van der Waals surface area contributed by atoms with E-state index in [1.54, 1.807) is 7.11 Å². The van der Waals surface area contributed by atoms with Crippen molar-refractivity contribution in [1.82, 2.24) is 5.32 Å². The zero-order valence-electron chi connectivity index (χ0n) is 14.7. The number of nitrogens with one attached hydrogen (secondary N) is 1. The largest absolute Gasteiger partial charge is 0.493 e. The topological polar surface area (TPSA) is 67.8 Å². The van der Waals surface area contributed by atoms with Gasteiger partial charge in [0.05, 0.1) is 19.6 Å². The molecule has 0 aromatic heterocycles. The highest BCUT2D eigenvalue weighted by Crippen LogP contribution is 2.29. The average molecular weight is 335 g/mol. The Hall–Kier alpha value is -1.75. The van der Waals surface area contributed by atoms with Gasteiger partial charge in [-0.1, -0.05) is 19.4 Å². The van der Waals surface area contributed by atoms with Crippen molar-refractivity contribution in [3.8, 4) is 11.5 Å². The number of carboxylic acid groups (broad SMARTS) is 1. The lowest BCUT2D eigenvalue weighted by molar-refractivity contribution is -0.142. The Morgan fingerprint density at radius 3 is 2.62 bits per heavy atom. The van der Waals surface area contributed by atoms with Crippen LogP contribution in [0.3, 0.4) is 0 Å². The second-order valence-corrected chi connectivity index (χ2v) is 6.45. The molecule has 2 rings (SSSR count). The van der Waals surface area contributed by atoms with Crippen molar-refractivity contribution in [2.45, 2.75) is 58.0 Å². The summed E-state index contributed by atoms with van der Waals surface area (Å²) in [5.74, 6) is 0.733. The summed E-state index contributed by atoms with van der Waals surface area (Å²) in [5.41, 5.74) is 1.16. The molecule has 0 aliphatic heterocycles. The maximum Gasteiger partial charge on any atom is 0.306 e. The number of methoxy groups -OCH3 is 1. The Balaban J connectivity index is 1.86. The summed E-state index contributed by atoms with van der Waals surface area (Å²) in [4.78, 5) is 11.0. The molecule has 1 saturated carbocycles. The molecule has 0 unspecified atom stereocenters. The highest BCUT2D eigenvalue weighted by molar-refractivity contribution is 5.70. The molecule has 5 heteroatoms. The fourth-order valence-corrected chi connectivity index (χ4v) is 3.08. The van der Waals surface area contributed by atoms with E-state index in [0.29, 0.717) is 12.6 Å². The fourth-order valence-electron chi connectivity index (χ4n) is 3.08. The first-order valence-corrected chi connectivity index (χ1v) is 8.90. The lowest BCUT2D eigenvalue weighted by Gasteiger charge is -2.27. The van der Waals surface area contributed by atoms with E-state index in [1.807, 2.05) is 18.2 Å². The zero-order chi connectivity index (χ0) is 17.4. The normalized spacial score (nSPS) is 20.6. The molecular formula is C19H29NO4. The van der Waals surface area contributed by atoms with Crippen molar-refractivity contribution in [2.75, 3.05) is 13.7 Å². The maximum atomic E-state index is 11.0. The Bertz CT molecular complexity index is 524. The highest BCUT2D eigenvalue weighted by atomic mass is 16.5. The number of carbonyl (C=O) groups is 1. The van der Waals surface area contributed by atoms with Crippen molar-refractivity contribution < 1.29 is 19.4 Å². The molecule has 0 saturated heterocycles. The van der Waals surface area contributed by atoms with E-state index in [0.717, 1.165) is 62.1 Å². The minimum absolute atomic E-state index is 0.164. The zero-order valence-corrected chi connectivity index (χ0v) is 14.7. The van der Waals surface area contributed by atoms with Gasteiger partial charge in [0, 0.05) is 12.6 Å². The van der Waals surface area contributed by atoms with Gasteiger partial charge in [0.1, 0.15) is 0 Å². The van der Waals surface area contributed by atoms with Gasteiger partial charge in [-0.3, -0.25) is 4.79 Å². The lowest BCUT2D eigenvalue weighted by atomic mass is 9.86. The molecule has 1 aromatic carbocycles. The Morgan fingerprint density at radius 1 is 1.25 bits per heavy atom. The van der Waals surface area contributed by atoms with E-state index < -0.39 is 5.97 Å².